The highest BCUT2D eigenvalue weighted by Gasteiger charge is 2.26. The van der Waals surface area contributed by atoms with Crippen LogP contribution in [0.3, 0.4) is 0 Å². The molecule has 0 bridgehead atoms. The van der Waals surface area contributed by atoms with Gasteiger partial charge in [-0.1, -0.05) is 6.07 Å². The van der Waals surface area contributed by atoms with Gasteiger partial charge in [0.05, 0.1) is 5.56 Å². The largest absolute Gasteiger partial charge is 0.337 e. The van der Waals surface area contributed by atoms with E-state index in [0.29, 0.717) is 0 Å². The molecule has 1 aromatic rings. The molecule has 0 aliphatic carbocycles. The van der Waals surface area contributed by atoms with Crippen molar-refractivity contribution >= 4 is 21.8 Å². The van der Waals surface area contributed by atoms with Gasteiger partial charge < -0.3 is 4.90 Å². The average molecular weight is 240 g/mol. The Kier molecular flexibility index (Phi) is 1.91. The van der Waals surface area contributed by atoms with Gasteiger partial charge in [-0.2, -0.15) is 0 Å². The Hall–Kier alpha value is -0.830. The molecule has 1 amide bonds. The van der Waals surface area contributed by atoms with Crippen LogP contribution in [0.2, 0.25) is 0 Å². The van der Waals surface area contributed by atoms with Gasteiger partial charge in [0.15, 0.2) is 0 Å². The number of amides is 1. The van der Waals surface area contributed by atoms with Crippen LogP contribution in [0.5, 0.6) is 0 Å². The monoisotopic (exact) mass is 239 g/mol. The van der Waals surface area contributed by atoms with E-state index in [1.807, 2.05) is 20.0 Å². The van der Waals surface area contributed by atoms with Crippen LogP contribution in [0.25, 0.3) is 0 Å². The maximum absolute atomic E-state index is 11.6. The van der Waals surface area contributed by atoms with Gasteiger partial charge in [0, 0.05) is 18.1 Å². The second-order valence-corrected chi connectivity index (χ2v) is 4.30. The summed E-state index contributed by atoms with van der Waals surface area (Å²) in [5.74, 6) is 0.113. The van der Waals surface area contributed by atoms with Crippen LogP contribution in [-0.2, 0) is 6.54 Å². The summed E-state index contributed by atoms with van der Waals surface area (Å²) in [5, 5.41) is 0. The summed E-state index contributed by atoms with van der Waals surface area (Å²) in [6.07, 6.45) is 0. The van der Waals surface area contributed by atoms with Crippen molar-refractivity contribution in [3.8, 4) is 0 Å². The molecule has 3 heteroatoms. The molecule has 0 N–H and O–H groups in total. The predicted octanol–water partition coefficient (Wildman–Crippen LogP) is 2.34. The van der Waals surface area contributed by atoms with Crippen LogP contribution in [0.15, 0.2) is 16.6 Å². The van der Waals surface area contributed by atoms with Crippen LogP contribution in [-0.4, -0.2) is 17.9 Å². The Labute approximate surface area is 85.7 Å². The van der Waals surface area contributed by atoms with Gasteiger partial charge in [-0.25, -0.2) is 0 Å². The van der Waals surface area contributed by atoms with Gasteiger partial charge in [0.1, 0.15) is 0 Å². The molecule has 1 aromatic carbocycles. The van der Waals surface area contributed by atoms with Gasteiger partial charge in [0.2, 0.25) is 0 Å². The number of carbonyl (C=O) groups excluding carboxylic acids is 1. The highest BCUT2D eigenvalue weighted by atomic mass is 79.9. The first-order chi connectivity index (χ1) is 6.09. The lowest BCUT2D eigenvalue weighted by atomic mass is 10.1. The molecule has 0 fully saturated rings. The Morgan fingerprint density at radius 2 is 2.15 bits per heavy atom. The van der Waals surface area contributed by atoms with E-state index in [2.05, 4.69) is 22.0 Å². The number of hydrogen-bond donors (Lipinski definition) is 0. The lowest BCUT2D eigenvalue weighted by Gasteiger charge is -2.04. The first kappa shape index (κ1) is 8.75. The zero-order valence-electron chi connectivity index (χ0n) is 7.60. The summed E-state index contributed by atoms with van der Waals surface area (Å²) >= 11 is 3.42. The summed E-state index contributed by atoms with van der Waals surface area (Å²) in [5.41, 5.74) is 3.14. The first-order valence-corrected chi connectivity index (χ1v) is 4.93. The van der Waals surface area contributed by atoms with Crippen molar-refractivity contribution in [1.29, 1.82) is 0 Å². The molecule has 1 aliphatic rings. The smallest absolute Gasteiger partial charge is 0.255 e. The number of carbonyl (C=O) groups is 1. The lowest BCUT2D eigenvalue weighted by molar-refractivity contribution is 0.0816. The number of hydrogen-bond acceptors (Lipinski definition) is 1. The van der Waals surface area contributed by atoms with Crippen LogP contribution >= 0.6 is 15.9 Å². The molecule has 2 rings (SSSR count). The van der Waals surface area contributed by atoms with Gasteiger partial charge in [0.25, 0.3) is 5.91 Å². The number of benzene rings is 1. The highest BCUT2D eigenvalue weighted by Crippen LogP contribution is 2.29. The second-order valence-electron chi connectivity index (χ2n) is 3.44. The van der Waals surface area contributed by atoms with Gasteiger partial charge in [-0.05, 0) is 40.0 Å². The van der Waals surface area contributed by atoms with Crippen molar-refractivity contribution in [2.24, 2.45) is 0 Å². The zero-order valence-corrected chi connectivity index (χ0v) is 9.18. The Balaban J connectivity index is 2.64. The molecule has 13 heavy (non-hydrogen) atoms. The molecule has 0 radical (unpaired) electrons. The van der Waals surface area contributed by atoms with Crippen LogP contribution in [0.1, 0.15) is 21.5 Å². The van der Waals surface area contributed by atoms with E-state index in [0.717, 1.165) is 22.1 Å². The number of halogens is 1. The minimum atomic E-state index is 0.113. The SMILES string of the molecule is Cc1cc(Br)c2c(c1)CN(C)C2=O. The molecule has 0 saturated heterocycles. The molecule has 0 unspecified atom stereocenters. The van der Waals surface area contributed by atoms with Gasteiger partial charge in [-0.3, -0.25) is 4.79 Å². The molecular formula is C10H10BrNO. The van der Waals surface area contributed by atoms with E-state index >= 15 is 0 Å². The molecule has 0 atom stereocenters. The first-order valence-electron chi connectivity index (χ1n) is 4.14. The summed E-state index contributed by atoms with van der Waals surface area (Å²) in [4.78, 5) is 13.4. The Bertz CT molecular complexity index is 387. The van der Waals surface area contributed by atoms with Crippen LogP contribution in [0, 0.1) is 6.92 Å². The van der Waals surface area contributed by atoms with Crippen LogP contribution < -0.4 is 0 Å². The lowest BCUT2D eigenvalue weighted by Crippen LogP contribution is -2.17. The van der Waals surface area contributed by atoms with Crippen LogP contribution in [0.4, 0.5) is 0 Å². The second kappa shape index (κ2) is 2.84. The summed E-state index contributed by atoms with van der Waals surface area (Å²) < 4.78 is 0.914. The average Bonchev–Trinajstić information content (AvgIpc) is 2.27. The quantitative estimate of drug-likeness (QED) is 0.681. The maximum Gasteiger partial charge on any atom is 0.255 e. The van der Waals surface area contributed by atoms with Crippen molar-refractivity contribution in [1.82, 2.24) is 4.90 Å². The topological polar surface area (TPSA) is 20.3 Å². The number of rotatable bonds is 0. The fourth-order valence-electron chi connectivity index (χ4n) is 1.70. The fraction of sp³-hybridized carbons (Fsp3) is 0.300. The molecular weight excluding hydrogens is 230 g/mol. The normalized spacial score (nSPS) is 15.0. The molecule has 1 heterocycles. The maximum atomic E-state index is 11.6. The van der Waals surface area contributed by atoms with Crippen molar-refractivity contribution in [3.63, 3.8) is 0 Å². The van der Waals surface area contributed by atoms with E-state index in [9.17, 15) is 4.79 Å². The predicted molar refractivity (Wildman–Crippen MR) is 54.7 cm³/mol. The van der Waals surface area contributed by atoms with E-state index in [1.54, 1.807) is 4.90 Å². The summed E-state index contributed by atoms with van der Waals surface area (Å²) in [7, 11) is 1.82. The van der Waals surface area contributed by atoms with Gasteiger partial charge in [-0.15, -0.1) is 0 Å². The van der Waals surface area contributed by atoms with E-state index in [-0.39, 0.29) is 5.91 Å². The molecule has 0 aromatic heterocycles. The fourth-order valence-corrected chi connectivity index (χ4v) is 2.48. The Morgan fingerprint density at radius 3 is 2.85 bits per heavy atom. The third-order valence-electron chi connectivity index (χ3n) is 2.28. The van der Waals surface area contributed by atoms with Crippen molar-refractivity contribution < 1.29 is 4.79 Å². The van der Waals surface area contributed by atoms with Crippen molar-refractivity contribution in [3.05, 3.63) is 33.3 Å². The molecule has 0 saturated carbocycles. The van der Waals surface area contributed by atoms with Crippen molar-refractivity contribution in [2.45, 2.75) is 13.5 Å². The third kappa shape index (κ3) is 1.27. The minimum absolute atomic E-state index is 0.113. The van der Waals surface area contributed by atoms with E-state index in [4.69, 9.17) is 0 Å². The van der Waals surface area contributed by atoms with E-state index in [1.165, 1.54) is 5.56 Å². The Morgan fingerprint density at radius 1 is 1.46 bits per heavy atom. The zero-order chi connectivity index (χ0) is 9.59. The molecule has 0 spiro atoms. The molecule has 68 valence electrons. The summed E-state index contributed by atoms with van der Waals surface area (Å²) in [6, 6.07) is 4.05. The standard InChI is InChI=1S/C10H10BrNO/c1-6-3-7-5-12(2)10(13)9(7)8(11)4-6/h3-4H,5H2,1-2H3. The number of aryl methyl sites for hydroxylation is 1. The molecule has 1 aliphatic heterocycles. The van der Waals surface area contributed by atoms with Gasteiger partial charge >= 0.3 is 0 Å². The van der Waals surface area contributed by atoms with E-state index < -0.39 is 0 Å². The van der Waals surface area contributed by atoms with Crippen molar-refractivity contribution in [2.75, 3.05) is 7.05 Å². The number of nitrogens with zero attached hydrogens (tertiary/aromatic N) is 1. The highest BCUT2D eigenvalue weighted by molar-refractivity contribution is 9.10. The summed E-state index contributed by atoms with van der Waals surface area (Å²) in [6.45, 7) is 2.77. The third-order valence-corrected chi connectivity index (χ3v) is 2.91. The minimum Gasteiger partial charge on any atom is -0.337 e. The molecule has 2 nitrogen and oxygen atoms in total. The number of fused-ring (bicyclic) bond motifs is 1.